The highest BCUT2D eigenvalue weighted by Gasteiger charge is 2.22. The summed E-state index contributed by atoms with van der Waals surface area (Å²) in [4.78, 5) is 30.7. The van der Waals surface area contributed by atoms with E-state index in [1.165, 1.54) is 17.7 Å². The smallest absolute Gasteiger partial charge is 0.271 e. The molecule has 4 rings (SSSR count). The molecule has 0 aliphatic carbocycles. The number of amides is 1. The molecule has 1 aliphatic heterocycles. The van der Waals surface area contributed by atoms with E-state index < -0.39 is 0 Å². The number of nitrogens with zero attached hydrogens (tertiary/aromatic N) is 2. The van der Waals surface area contributed by atoms with Crippen LogP contribution in [0, 0.1) is 6.92 Å². The zero-order chi connectivity index (χ0) is 19.1. The van der Waals surface area contributed by atoms with Gasteiger partial charge in [0.25, 0.3) is 11.5 Å². The van der Waals surface area contributed by atoms with Gasteiger partial charge in [0.15, 0.2) is 11.5 Å². The third kappa shape index (κ3) is 3.06. The van der Waals surface area contributed by atoms with Gasteiger partial charge in [-0.05, 0) is 32.9 Å². The fraction of sp³-hybridized carbons (Fsp3) is 0.316. The largest absolute Gasteiger partial charge is 0.486 e. The van der Waals surface area contributed by atoms with Gasteiger partial charge in [-0.1, -0.05) is 0 Å². The van der Waals surface area contributed by atoms with E-state index in [2.05, 4.69) is 10.3 Å². The van der Waals surface area contributed by atoms with Crippen molar-refractivity contribution in [2.24, 2.45) is 0 Å². The van der Waals surface area contributed by atoms with Crippen LogP contribution in [0.4, 0.5) is 5.69 Å². The van der Waals surface area contributed by atoms with Crippen LogP contribution in [0.2, 0.25) is 0 Å². The van der Waals surface area contributed by atoms with E-state index in [0.29, 0.717) is 46.2 Å². The molecule has 0 bridgehead atoms. The summed E-state index contributed by atoms with van der Waals surface area (Å²) in [5.41, 5.74) is 1.34. The van der Waals surface area contributed by atoms with Crippen molar-refractivity contribution in [2.75, 3.05) is 18.5 Å². The number of nitrogens with one attached hydrogen (secondary N) is 1. The second kappa shape index (κ2) is 6.70. The Hall–Kier alpha value is -2.87. The Balaban J connectivity index is 1.70. The molecule has 1 aromatic carbocycles. The van der Waals surface area contributed by atoms with Crippen molar-refractivity contribution in [1.82, 2.24) is 9.55 Å². The van der Waals surface area contributed by atoms with E-state index >= 15 is 0 Å². The first-order valence-corrected chi connectivity index (χ1v) is 9.48. The zero-order valence-electron chi connectivity index (χ0n) is 15.2. The summed E-state index contributed by atoms with van der Waals surface area (Å²) in [7, 11) is 0. The fourth-order valence-corrected chi connectivity index (χ4v) is 4.08. The van der Waals surface area contributed by atoms with Crippen LogP contribution in [0.5, 0.6) is 11.5 Å². The van der Waals surface area contributed by atoms with Crippen LogP contribution in [0.1, 0.15) is 35.1 Å². The third-order valence-corrected chi connectivity index (χ3v) is 5.46. The van der Waals surface area contributed by atoms with Crippen molar-refractivity contribution in [3.63, 3.8) is 0 Å². The van der Waals surface area contributed by atoms with E-state index in [0.717, 1.165) is 4.88 Å². The Morgan fingerprint density at radius 3 is 2.74 bits per heavy atom. The maximum Gasteiger partial charge on any atom is 0.271 e. The molecule has 0 fully saturated rings. The van der Waals surface area contributed by atoms with Crippen LogP contribution in [-0.2, 0) is 0 Å². The summed E-state index contributed by atoms with van der Waals surface area (Å²) >= 11 is 1.30. The Morgan fingerprint density at radius 1 is 1.26 bits per heavy atom. The SMILES string of the molecule is Cc1sc2c(=O)n(C(C)C)cnc2c1C(=O)Nc1ccc2c(c1)OCCO2. The molecule has 3 aromatic rings. The van der Waals surface area contributed by atoms with Crippen molar-refractivity contribution < 1.29 is 14.3 Å². The molecule has 1 N–H and O–H groups in total. The highest BCUT2D eigenvalue weighted by molar-refractivity contribution is 7.19. The average Bonchev–Trinajstić information content (AvgIpc) is 2.98. The number of rotatable bonds is 3. The predicted octanol–water partition coefficient (Wildman–Crippen LogP) is 3.37. The summed E-state index contributed by atoms with van der Waals surface area (Å²) in [6.07, 6.45) is 1.50. The number of hydrogen-bond donors (Lipinski definition) is 1. The van der Waals surface area contributed by atoms with Gasteiger partial charge in [0, 0.05) is 22.7 Å². The Labute approximate surface area is 159 Å². The fourth-order valence-electron chi connectivity index (χ4n) is 3.04. The number of hydrogen-bond acceptors (Lipinski definition) is 6. The zero-order valence-corrected chi connectivity index (χ0v) is 16.1. The molecule has 27 heavy (non-hydrogen) atoms. The predicted molar refractivity (Wildman–Crippen MR) is 104 cm³/mol. The second-order valence-electron chi connectivity index (χ2n) is 6.57. The normalized spacial score (nSPS) is 13.2. The van der Waals surface area contributed by atoms with E-state index in [4.69, 9.17) is 9.47 Å². The van der Waals surface area contributed by atoms with Crippen LogP contribution in [0.15, 0.2) is 29.3 Å². The molecule has 0 radical (unpaired) electrons. The number of carbonyl (C=O) groups excluding carboxylic acids is 1. The number of benzene rings is 1. The minimum atomic E-state index is -0.301. The lowest BCUT2D eigenvalue weighted by molar-refractivity contribution is 0.102. The lowest BCUT2D eigenvalue weighted by Crippen LogP contribution is -2.22. The standard InChI is InChI=1S/C19H19N3O4S/c1-10(2)22-9-20-16-15(11(3)27-17(16)19(22)24)18(23)21-12-4-5-13-14(8-12)26-7-6-25-13/h4-5,8-10H,6-7H2,1-3H3,(H,21,23). The molecular formula is C19H19N3O4S. The first kappa shape index (κ1) is 17.5. The minimum absolute atomic E-state index is 0.00629. The van der Waals surface area contributed by atoms with E-state index in [-0.39, 0.29) is 17.5 Å². The summed E-state index contributed by atoms with van der Waals surface area (Å²) in [5, 5.41) is 2.87. The molecule has 0 saturated carbocycles. The molecule has 0 spiro atoms. The molecule has 1 amide bonds. The molecule has 140 valence electrons. The van der Waals surface area contributed by atoms with Gasteiger partial charge in [0.2, 0.25) is 0 Å². The Kier molecular flexibility index (Phi) is 4.35. The van der Waals surface area contributed by atoms with Gasteiger partial charge in [-0.25, -0.2) is 4.98 Å². The van der Waals surface area contributed by atoms with Crippen LogP contribution in [0.25, 0.3) is 10.2 Å². The van der Waals surface area contributed by atoms with Crippen LogP contribution < -0.4 is 20.3 Å². The highest BCUT2D eigenvalue weighted by atomic mass is 32.1. The van der Waals surface area contributed by atoms with Gasteiger partial charge in [0.05, 0.1) is 11.9 Å². The molecule has 0 unspecified atom stereocenters. The van der Waals surface area contributed by atoms with E-state index in [9.17, 15) is 9.59 Å². The maximum atomic E-state index is 12.9. The minimum Gasteiger partial charge on any atom is -0.486 e. The first-order chi connectivity index (χ1) is 13.0. The Morgan fingerprint density at radius 2 is 2.00 bits per heavy atom. The lowest BCUT2D eigenvalue weighted by Gasteiger charge is -2.19. The van der Waals surface area contributed by atoms with Crippen molar-refractivity contribution in [3.8, 4) is 11.5 Å². The number of aryl methyl sites for hydroxylation is 1. The van der Waals surface area contributed by atoms with Gasteiger partial charge >= 0.3 is 0 Å². The maximum absolute atomic E-state index is 12.9. The molecule has 7 nitrogen and oxygen atoms in total. The van der Waals surface area contributed by atoms with Crippen molar-refractivity contribution in [2.45, 2.75) is 26.8 Å². The molecule has 3 heterocycles. The van der Waals surface area contributed by atoms with Gasteiger partial charge in [-0.3, -0.25) is 14.2 Å². The topological polar surface area (TPSA) is 82.5 Å². The summed E-state index contributed by atoms with van der Waals surface area (Å²) < 4.78 is 13.1. The van der Waals surface area contributed by atoms with Crippen molar-refractivity contribution in [3.05, 3.63) is 45.3 Å². The lowest BCUT2D eigenvalue weighted by atomic mass is 10.2. The Bertz CT molecular complexity index is 1100. The van der Waals surface area contributed by atoms with Crippen LogP contribution in [0.3, 0.4) is 0 Å². The summed E-state index contributed by atoms with van der Waals surface area (Å²) in [6.45, 7) is 6.66. The molecule has 8 heteroatoms. The van der Waals surface area contributed by atoms with Crippen molar-refractivity contribution in [1.29, 1.82) is 0 Å². The summed E-state index contributed by atoms with van der Waals surface area (Å²) in [6, 6.07) is 5.26. The molecular weight excluding hydrogens is 366 g/mol. The molecule has 0 atom stereocenters. The monoisotopic (exact) mass is 385 g/mol. The van der Waals surface area contributed by atoms with E-state index in [1.54, 1.807) is 22.8 Å². The van der Waals surface area contributed by atoms with Gasteiger partial charge in [0.1, 0.15) is 23.4 Å². The quantitative estimate of drug-likeness (QED) is 0.747. The van der Waals surface area contributed by atoms with Gasteiger partial charge in [-0.2, -0.15) is 0 Å². The van der Waals surface area contributed by atoms with E-state index in [1.807, 2.05) is 20.8 Å². The highest BCUT2D eigenvalue weighted by Crippen LogP contribution is 2.33. The molecule has 1 aliphatic rings. The van der Waals surface area contributed by atoms with Crippen molar-refractivity contribution >= 4 is 33.1 Å². The number of fused-ring (bicyclic) bond motifs is 2. The molecule has 2 aromatic heterocycles. The van der Waals surface area contributed by atoms with Crippen LogP contribution in [-0.4, -0.2) is 28.7 Å². The number of thiophene rings is 1. The number of anilines is 1. The number of ether oxygens (including phenoxy) is 2. The average molecular weight is 385 g/mol. The van der Waals surface area contributed by atoms with Gasteiger partial charge < -0.3 is 14.8 Å². The third-order valence-electron chi connectivity index (χ3n) is 4.38. The summed E-state index contributed by atoms with van der Waals surface area (Å²) in [5.74, 6) is 0.959. The van der Waals surface area contributed by atoms with Gasteiger partial charge in [-0.15, -0.1) is 11.3 Å². The molecule has 0 saturated heterocycles. The van der Waals surface area contributed by atoms with Crippen LogP contribution >= 0.6 is 11.3 Å². The number of aromatic nitrogens is 2. The number of carbonyl (C=O) groups is 1. The first-order valence-electron chi connectivity index (χ1n) is 8.67. The second-order valence-corrected chi connectivity index (χ2v) is 7.80.